The summed E-state index contributed by atoms with van der Waals surface area (Å²) < 4.78 is 21.6. The predicted molar refractivity (Wildman–Crippen MR) is 221 cm³/mol. The van der Waals surface area contributed by atoms with Gasteiger partial charge in [0.2, 0.25) is 0 Å². The molecular weight excluding hydrogens is 738 g/mol. The maximum absolute atomic E-state index is 14.7. The number of aromatic nitrogens is 4. The van der Waals surface area contributed by atoms with Crippen LogP contribution in [0.1, 0.15) is 59.6 Å². The number of nitrogens with one attached hydrogen (secondary N) is 2. The van der Waals surface area contributed by atoms with Gasteiger partial charge in [-0.25, -0.2) is 19.2 Å². The second kappa shape index (κ2) is 20.8. The molecule has 0 aliphatic carbocycles. The first-order chi connectivity index (χ1) is 26.6. The number of aromatic carboxylic acids is 1. The molecule has 15 heteroatoms. The quantitative estimate of drug-likeness (QED) is 0.0513. The van der Waals surface area contributed by atoms with Crippen molar-refractivity contribution < 1.29 is 19.0 Å². The van der Waals surface area contributed by atoms with E-state index in [-0.39, 0.29) is 18.1 Å². The van der Waals surface area contributed by atoms with E-state index in [1.54, 1.807) is 23.5 Å². The molecule has 5 aromatic rings. The number of fused-ring (bicyclic) bond motifs is 1. The fourth-order valence-corrected chi connectivity index (χ4v) is 7.68. The Hall–Kier alpha value is -4.72. The monoisotopic (exact) mass is 787 g/mol. The highest BCUT2D eigenvalue weighted by Crippen LogP contribution is 2.34. The number of ether oxygens (including phenoxy) is 1. The minimum absolute atomic E-state index is 0.00583. The van der Waals surface area contributed by atoms with E-state index < -0.39 is 11.8 Å². The number of hydrogen-bond acceptors (Lipinski definition) is 13. The van der Waals surface area contributed by atoms with Gasteiger partial charge in [-0.1, -0.05) is 49.2 Å². The molecule has 3 heterocycles. The van der Waals surface area contributed by atoms with Crippen molar-refractivity contribution in [3.05, 3.63) is 76.0 Å². The molecular formula is C40H50FN9O3S2. The van der Waals surface area contributed by atoms with Crippen LogP contribution in [0, 0.1) is 24.6 Å². The maximum Gasteiger partial charge on any atom is 0.355 e. The van der Waals surface area contributed by atoms with Gasteiger partial charge >= 0.3 is 5.97 Å². The Morgan fingerprint density at radius 2 is 1.80 bits per heavy atom. The topological polar surface area (TPSA) is 132 Å². The summed E-state index contributed by atoms with van der Waals surface area (Å²) in [5, 5.41) is 27.4. The molecule has 3 N–H and O–H groups in total. The van der Waals surface area contributed by atoms with E-state index in [1.807, 2.05) is 61.2 Å². The lowest BCUT2D eigenvalue weighted by atomic mass is 10.2. The van der Waals surface area contributed by atoms with Crippen LogP contribution in [0.4, 0.5) is 26.3 Å². The number of carboxylic acids is 1. The Labute approximate surface area is 330 Å². The third kappa shape index (κ3) is 12.1. The van der Waals surface area contributed by atoms with E-state index in [1.165, 1.54) is 17.4 Å². The van der Waals surface area contributed by atoms with Gasteiger partial charge in [0.15, 0.2) is 39.2 Å². The Bertz CT molecular complexity index is 2040. The first-order valence-electron chi connectivity index (χ1n) is 18.6. The number of nitrogens with zero attached hydrogens (tertiary/aromatic N) is 7. The number of likely N-dealkylation sites (N-methyl/N-ethyl adjacent to an activating group) is 1. The van der Waals surface area contributed by atoms with Gasteiger partial charge in [0.25, 0.3) is 0 Å². The Morgan fingerprint density at radius 1 is 0.982 bits per heavy atom. The average molecular weight is 788 g/mol. The molecule has 0 atom stereocenters. The molecule has 0 unspecified atom stereocenters. The molecule has 0 spiro atoms. The largest absolute Gasteiger partial charge is 0.491 e. The SMILES string of the molecule is CCN(CC)CCNCCCCN(c1cc(C)c(Nc2nc3ccccc3s2)nn1)c1nc(C(=O)O)c(CCCOc2ccc(C#CCN(C)C)cc2F)s1. The van der Waals surface area contributed by atoms with Crippen molar-refractivity contribution in [2.24, 2.45) is 0 Å². The van der Waals surface area contributed by atoms with Crippen molar-refractivity contribution in [1.29, 1.82) is 0 Å². The van der Waals surface area contributed by atoms with E-state index >= 15 is 0 Å². The molecule has 0 saturated carbocycles. The second-order valence-electron chi connectivity index (χ2n) is 13.2. The molecule has 0 saturated heterocycles. The van der Waals surface area contributed by atoms with Crippen LogP contribution < -0.4 is 20.3 Å². The summed E-state index contributed by atoms with van der Waals surface area (Å²) in [6.45, 7) is 12.5. The van der Waals surface area contributed by atoms with E-state index in [2.05, 4.69) is 61.4 Å². The van der Waals surface area contributed by atoms with Crippen LogP contribution in [-0.4, -0.2) is 108 Å². The first kappa shape index (κ1) is 41.4. The molecule has 2 aromatic carbocycles. The van der Waals surface area contributed by atoms with Crippen LogP contribution in [0.2, 0.25) is 0 Å². The zero-order valence-electron chi connectivity index (χ0n) is 32.2. The highest BCUT2D eigenvalue weighted by Gasteiger charge is 2.23. The van der Waals surface area contributed by atoms with Crippen LogP contribution in [0.3, 0.4) is 0 Å². The normalized spacial score (nSPS) is 11.3. The Morgan fingerprint density at radius 3 is 2.53 bits per heavy atom. The highest BCUT2D eigenvalue weighted by molar-refractivity contribution is 7.22. The van der Waals surface area contributed by atoms with Gasteiger partial charge in [0.05, 0.1) is 23.4 Å². The second-order valence-corrected chi connectivity index (χ2v) is 15.3. The van der Waals surface area contributed by atoms with Crippen molar-refractivity contribution in [3.8, 4) is 17.6 Å². The minimum atomic E-state index is -1.11. The number of aryl methyl sites for hydroxylation is 2. The predicted octanol–water partition coefficient (Wildman–Crippen LogP) is 7.21. The molecule has 0 fully saturated rings. The lowest BCUT2D eigenvalue weighted by Crippen LogP contribution is -2.32. The number of halogens is 1. The van der Waals surface area contributed by atoms with Crippen molar-refractivity contribution in [3.63, 3.8) is 0 Å². The van der Waals surface area contributed by atoms with Gasteiger partial charge in [-0.2, -0.15) is 0 Å². The van der Waals surface area contributed by atoms with Gasteiger partial charge in [-0.15, -0.1) is 21.5 Å². The summed E-state index contributed by atoms with van der Waals surface area (Å²) in [4.78, 5) is 28.6. The number of para-hydroxylation sites is 1. The molecule has 0 bridgehead atoms. The number of carboxylic acid groups (broad SMARTS) is 1. The summed E-state index contributed by atoms with van der Waals surface area (Å²) in [5.74, 6) is 5.65. The smallest absolute Gasteiger partial charge is 0.355 e. The summed E-state index contributed by atoms with van der Waals surface area (Å²) in [6.07, 6.45) is 2.60. The Kier molecular flexibility index (Phi) is 15.7. The number of hydrogen-bond donors (Lipinski definition) is 3. The average Bonchev–Trinajstić information content (AvgIpc) is 3.78. The Balaban J connectivity index is 1.27. The van der Waals surface area contributed by atoms with Crippen LogP contribution in [0.15, 0.2) is 48.5 Å². The zero-order chi connectivity index (χ0) is 39.2. The number of unbranched alkanes of at least 4 members (excludes halogenated alkanes) is 1. The van der Waals surface area contributed by atoms with Crippen LogP contribution >= 0.6 is 22.7 Å². The summed E-state index contributed by atoms with van der Waals surface area (Å²) >= 11 is 2.86. The lowest BCUT2D eigenvalue weighted by molar-refractivity contribution is 0.0690. The fraction of sp³-hybridized carbons (Fsp3) is 0.425. The van der Waals surface area contributed by atoms with E-state index in [4.69, 9.17) is 4.74 Å². The van der Waals surface area contributed by atoms with Crippen molar-refractivity contribution in [2.75, 3.05) is 76.7 Å². The van der Waals surface area contributed by atoms with Gasteiger partial charge in [-0.3, -0.25) is 4.90 Å². The maximum atomic E-state index is 14.7. The highest BCUT2D eigenvalue weighted by atomic mass is 32.1. The van der Waals surface area contributed by atoms with Crippen LogP contribution in [0.5, 0.6) is 5.75 Å². The standard InChI is InChI=1S/C40H50FN9O3S2/c1-6-49(7-2)24-21-42-20-10-11-23-50(35-26-28(3)37(47-46-35)45-39-43-31-15-8-9-16-33(31)54-39)40-44-36(38(51)52)34(55-40)17-13-25-53-32-19-18-29(27-30(32)41)14-12-22-48(4)5/h8-9,15-16,18-19,26-27,42H,6-7,10-11,13,17,20-25H2,1-5H3,(H,51,52)(H,43,45,47). The van der Waals surface area contributed by atoms with E-state index in [0.717, 1.165) is 66.5 Å². The number of rotatable bonds is 21. The number of carbonyl (C=O) groups is 1. The van der Waals surface area contributed by atoms with Gasteiger partial charge in [-0.05, 0) is 108 Å². The molecule has 0 aliphatic rings. The van der Waals surface area contributed by atoms with Crippen LogP contribution in [-0.2, 0) is 6.42 Å². The molecule has 0 radical (unpaired) electrons. The molecule has 5 rings (SSSR count). The van der Waals surface area contributed by atoms with E-state index in [9.17, 15) is 14.3 Å². The summed E-state index contributed by atoms with van der Waals surface area (Å²) in [6, 6.07) is 14.5. The molecule has 55 heavy (non-hydrogen) atoms. The molecule has 3 aromatic heterocycles. The third-order valence-corrected chi connectivity index (χ3v) is 10.8. The molecule has 12 nitrogen and oxygen atoms in total. The third-order valence-electron chi connectivity index (χ3n) is 8.74. The van der Waals surface area contributed by atoms with Gasteiger partial charge < -0.3 is 30.3 Å². The van der Waals surface area contributed by atoms with E-state index in [0.29, 0.717) is 53.1 Å². The first-order valence-corrected chi connectivity index (χ1v) is 20.2. The number of anilines is 4. The number of thiazole rings is 2. The lowest BCUT2D eigenvalue weighted by Gasteiger charge is -2.21. The molecule has 0 aliphatic heterocycles. The van der Waals surface area contributed by atoms with Crippen molar-refractivity contribution >= 4 is 60.8 Å². The summed E-state index contributed by atoms with van der Waals surface area (Å²) in [7, 11) is 3.84. The summed E-state index contributed by atoms with van der Waals surface area (Å²) in [5.41, 5.74) is 2.34. The zero-order valence-corrected chi connectivity index (χ0v) is 33.8. The van der Waals surface area contributed by atoms with Crippen molar-refractivity contribution in [2.45, 2.75) is 46.5 Å². The van der Waals surface area contributed by atoms with Gasteiger partial charge in [0, 0.05) is 30.1 Å². The van der Waals surface area contributed by atoms with Crippen molar-refractivity contribution in [1.82, 2.24) is 35.3 Å². The minimum Gasteiger partial charge on any atom is -0.491 e. The number of benzene rings is 2. The molecule has 0 amide bonds. The fourth-order valence-electron chi connectivity index (χ4n) is 5.69. The van der Waals surface area contributed by atoms with Crippen LogP contribution in [0.25, 0.3) is 10.2 Å². The van der Waals surface area contributed by atoms with Gasteiger partial charge in [0.1, 0.15) is 0 Å². The molecule has 292 valence electrons.